The Morgan fingerprint density at radius 1 is 1.08 bits per heavy atom. The monoisotopic (exact) mass is 378 g/mol. The average molecular weight is 378 g/mol. The largest absolute Gasteiger partial charge is 0.311 e. The molecule has 0 aliphatic rings. The lowest BCUT2D eigenvalue weighted by Crippen LogP contribution is -2.38. The van der Waals surface area contributed by atoms with Crippen molar-refractivity contribution in [3.8, 4) is 0 Å². The van der Waals surface area contributed by atoms with Crippen molar-refractivity contribution in [1.29, 1.82) is 0 Å². The van der Waals surface area contributed by atoms with Crippen molar-refractivity contribution in [3.63, 3.8) is 0 Å². The van der Waals surface area contributed by atoms with Crippen molar-refractivity contribution in [3.05, 3.63) is 58.9 Å². The van der Waals surface area contributed by atoms with Crippen LogP contribution < -0.4 is 9.62 Å². The van der Waals surface area contributed by atoms with Gasteiger partial charge in [-0.3, -0.25) is 4.79 Å². The van der Waals surface area contributed by atoms with Crippen LogP contribution >= 0.6 is 0 Å². The summed E-state index contributed by atoms with van der Waals surface area (Å²) in [5.41, 5.74) is 3.03. The highest BCUT2D eigenvalue weighted by Gasteiger charge is 2.19. The van der Waals surface area contributed by atoms with Gasteiger partial charge in [0.25, 0.3) is 0 Å². The van der Waals surface area contributed by atoms with Crippen LogP contribution in [-0.4, -0.2) is 27.4 Å². The van der Waals surface area contributed by atoms with Gasteiger partial charge < -0.3 is 4.90 Å². The number of rotatable bonds is 6. The minimum absolute atomic E-state index is 0.0278. The molecule has 0 aliphatic heterocycles. The third kappa shape index (κ3) is 4.68. The Hall–Kier alpha value is -2.25. The van der Waals surface area contributed by atoms with Crippen LogP contribution in [0.4, 0.5) is 10.1 Å². The zero-order valence-electron chi connectivity index (χ0n) is 15.3. The number of anilines is 1. The van der Waals surface area contributed by atoms with Gasteiger partial charge in [0.2, 0.25) is 15.9 Å². The van der Waals surface area contributed by atoms with E-state index in [2.05, 4.69) is 4.72 Å². The van der Waals surface area contributed by atoms with Crippen molar-refractivity contribution < 1.29 is 17.6 Å². The van der Waals surface area contributed by atoms with Gasteiger partial charge in [-0.25, -0.2) is 17.5 Å². The number of sulfonamides is 1. The maximum absolute atomic E-state index is 13.2. The van der Waals surface area contributed by atoms with Gasteiger partial charge in [0.1, 0.15) is 5.82 Å². The molecule has 7 heteroatoms. The predicted molar refractivity (Wildman–Crippen MR) is 100 cm³/mol. The summed E-state index contributed by atoms with van der Waals surface area (Å²) in [7, 11) is -3.78. The average Bonchev–Trinajstić information content (AvgIpc) is 2.53. The van der Waals surface area contributed by atoms with Gasteiger partial charge in [0.05, 0.1) is 4.90 Å². The Labute approximate surface area is 153 Å². The van der Waals surface area contributed by atoms with Crippen molar-refractivity contribution in [2.24, 2.45) is 0 Å². The topological polar surface area (TPSA) is 66.5 Å². The fourth-order valence-corrected chi connectivity index (χ4v) is 3.99. The second kappa shape index (κ2) is 7.97. The molecule has 0 saturated heterocycles. The molecule has 1 amide bonds. The third-order valence-electron chi connectivity index (χ3n) is 4.09. The molecule has 1 N–H and O–H groups in total. The highest BCUT2D eigenvalue weighted by atomic mass is 32.2. The van der Waals surface area contributed by atoms with Gasteiger partial charge in [-0.1, -0.05) is 12.1 Å². The van der Waals surface area contributed by atoms with Crippen molar-refractivity contribution in [1.82, 2.24) is 4.72 Å². The van der Waals surface area contributed by atoms with E-state index < -0.39 is 15.8 Å². The van der Waals surface area contributed by atoms with E-state index in [1.54, 1.807) is 4.90 Å². The number of halogens is 1. The summed E-state index contributed by atoms with van der Waals surface area (Å²) < 4.78 is 40.5. The van der Waals surface area contributed by atoms with Crippen LogP contribution in [0.3, 0.4) is 0 Å². The van der Waals surface area contributed by atoms with E-state index in [0.29, 0.717) is 5.56 Å². The highest BCUT2D eigenvalue weighted by molar-refractivity contribution is 7.89. The number of benzene rings is 2. The fourth-order valence-electron chi connectivity index (χ4n) is 2.74. The highest BCUT2D eigenvalue weighted by Crippen LogP contribution is 2.22. The molecule has 0 aliphatic carbocycles. The molecular weight excluding hydrogens is 355 g/mol. The summed E-state index contributed by atoms with van der Waals surface area (Å²) >= 11 is 0. The van der Waals surface area contributed by atoms with Gasteiger partial charge >= 0.3 is 0 Å². The molecule has 0 aromatic heterocycles. The molecule has 0 heterocycles. The third-order valence-corrected chi connectivity index (χ3v) is 5.71. The predicted octanol–water partition coefficient (Wildman–Crippen LogP) is 3.08. The van der Waals surface area contributed by atoms with Gasteiger partial charge in [0.15, 0.2) is 0 Å². The number of hydrogen-bond acceptors (Lipinski definition) is 3. The van der Waals surface area contributed by atoms with Crippen LogP contribution in [0.5, 0.6) is 0 Å². The standard InChI is InChI=1S/C19H23FN2O3S/c1-13-5-6-14(2)18(11-13)22(16(4)23)10-9-21-26(24,25)19-8-7-17(20)12-15(19)3/h5-8,11-12,21H,9-10H2,1-4H3. The van der Waals surface area contributed by atoms with E-state index in [-0.39, 0.29) is 23.9 Å². The van der Waals surface area contributed by atoms with E-state index in [9.17, 15) is 17.6 Å². The quantitative estimate of drug-likeness (QED) is 0.840. The summed E-state index contributed by atoms with van der Waals surface area (Å²) in [6.45, 7) is 7.05. The molecule has 2 aromatic rings. The van der Waals surface area contributed by atoms with Crippen LogP contribution in [0, 0.1) is 26.6 Å². The molecule has 2 rings (SSSR count). The first kappa shape index (κ1) is 20.1. The molecule has 5 nitrogen and oxygen atoms in total. The number of hydrogen-bond donors (Lipinski definition) is 1. The maximum Gasteiger partial charge on any atom is 0.240 e. The maximum atomic E-state index is 13.2. The summed E-state index contributed by atoms with van der Waals surface area (Å²) in [6.07, 6.45) is 0. The summed E-state index contributed by atoms with van der Waals surface area (Å²) in [5.74, 6) is -0.657. The summed E-state index contributed by atoms with van der Waals surface area (Å²) in [5, 5.41) is 0. The van der Waals surface area contributed by atoms with Gasteiger partial charge in [-0.15, -0.1) is 0 Å². The molecule has 140 valence electrons. The van der Waals surface area contributed by atoms with Gasteiger partial charge in [-0.2, -0.15) is 0 Å². The van der Waals surface area contributed by atoms with Gasteiger partial charge in [-0.05, 0) is 61.7 Å². The lowest BCUT2D eigenvalue weighted by molar-refractivity contribution is -0.116. The molecule has 0 fully saturated rings. The fraction of sp³-hybridized carbons (Fsp3) is 0.316. The Morgan fingerprint density at radius 2 is 1.77 bits per heavy atom. The molecule has 0 saturated carbocycles. The first-order chi connectivity index (χ1) is 12.1. The molecule has 0 atom stereocenters. The molecule has 0 bridgehead atoms. The number of amides is 1. The van der Waals surface area contributed by atoms with E-state index in [0.717, 1.165) is 22.9 Å². The number of aryl methyl sites for hydroxylation is 3. The SMILES string of the molecule is CC(=O)N(CCNS(=O)(=O)c1ccc(F)cc1C)c1cc(C)ccc1C. The normalized spacial score (nSPS) is 11.4. The van der Waals surface area contributed by atoms with Crippen LogP contribution in [0.1, 0.15) is 23.6 Å². The number of carbonyl (C=O) groups excluding carboxylic acids is 1. The zero-order valence-corrected chi connectivity index (χ0v) is 16.2. The lowest BCUT2D eigenvalue weighted by Gasteiger charge is -2.24. The van der Waals surface area contributed by atoms with Crippen LogP contribution in [-0.2, 0) is 14.8 Å². The summed E-state index contributed by atoms with van der Waals surface area (Å²) in [4.78, 5) is 13.6. The molecule has 26 heavy (non-hydrogen) atoms. The van der Waals surface area contributed by atoms with Crippen molar-refractivity contribution in [2.45, 2.75) is 32.6 Å². The van der Waals surface area contributed by atoms with Crippen LogP contribution in [0.25, 0.3) is 0 Å². The van der Waals surface area contributed by atoms with Gasteiger partial charge in [0, 0.05) is 25.7 Å². The molecule has 0 unspecified atom stereocenters. The minimum atomic E-state index is -3.78. The number of nitrogens with one attached hydrogen (secondary N) is 1. The Balaban J connectivity index is 2.15. The molecular formula is C19H23FN2O3S. The van der Waals surface area contributed by atoms with Crippen molar-refractivity contribution in [2.75, 3.05) is 18.0 Å². The van der Waals surface area contributed by atoms with E-state index in [1.807, 2.05) is 32.0 Å². The van der Waals surface area contributed by atoms with E-state index >= 15 is 0 Å². The second-order valence-electron chi connectivity index (χ2n) is 6.27. The van der Waals surface area contributed by atoms with Crippen LogP contribution in [0.15, 0.2) is 41.3 Å². The lowest BCUT2D eigenvalue weighted by atomic mass is 10.1. The summed E-state index contributed by atoms with van der Waals surface area (Å²) in [6, 6.07) is 9.30. The minimum Gasteiger partial charge on any atom is -0.311 e. The van der Waals surface area contributed by atoms with E-state index in [4.69, 9.17) is 0 Å². The Morgan fingerprint density at radius 3 is 2.38 bits per heavy atom. The van der Waals surface area contributed by atoms with Crippen LogP contribution in [0.2, 0.25) is 0 Å². The first-order valence-electron chi connectivity index (χ1n) is 8.23. The molecule has 2 aromatic carbocycles. The number of carbonyl (C=O) groups is 1. The van der Waals surface area contributed by atoms with E-state index in [1.165, 1.54) is 26.0 Å². The van der Waals surface area contributed by atoms with Crippen molar-refractivity contribution >= 4 is 21.6 Å². The molecule has 0 spiro atoms. The number of nitrogens with zero attached hydrogens (tertiary/aromatic N) is 1. The molecule has 0 radical (unpaired) electrons. The second-order valence-corrected chi connectivity index (χ2v) is 8.00. The first-order valence-corrected chi connectivity index (χ1v) is 9.71. The smallest absolute Gasteiger partial charge is 0.240 e. The Kier molecular flexibility index (Phi) is 6.15. The Bertz CT molecular complexity index is 926. The zero-order chi connectivity index (χ0) is 19.5.